The number of aliphatic hydroxyl groups is 1. The maximum Gasteiger partial charge on any atom is 0.308 e. The third kappa shape index (κ3) is 16.4. The molecule has 2 aliphatic heterocycles. The second kappa shape index (κ2) is 27.0. The first kappa shape index (κ1) is 57.2. The number of allylic oxidation sites excluding steroid dienone is 2. The van der Waals surface area contributed by atoms with Crippen molar-refractivity contribution in [3.8, 4) is 0 Å². The normalized spacial score (nSPS) is 28.5. The van der Waals surface area contributed by atoms with E-state index in [1.807, 2.05) is 39.8 Å². The first-order valence-electron chi connectivity index (χ1n) is 25.2. The molecular weight excluding hydrogens is 829 g/mol. The number of esters is 1. The average Bonchev–Trinajstić information content (AvgIpc) is 4.04. The van der Waals surface area contributed by atoms with Crippen molar-refractivity contribution in [2.45, 2.75) is 245 Å². The second-order valence-corrected chi connectivity index (χ2v) is 33.3. The molecule has 0 aromatic rings. The summed E-state index contributed by atoms with van der Waals surface area (Å²) in [5.41, 5.74) is -0.495. The molecule has 0 aliphatic carbocycles. The van der Waals surface area contributed by atoms with Crippen LogP contribution in [0.3, 0.4) is 0 Å². The molecule has 0 amide bonds. The van der Waals surface area contributed by atoms with Crippen LogP contribution in [0.25, 0.3) is 0 Å². The highest BCUT2D eigenvalue weighted by Crippen LogP contribution is 2.43. The molecule has 0 bridgehead atoms. The average molecular weight is 926 g/mol. The molecule has 0 aromatic carbocycles. The Hall–Kier alpha value is -0.939. The number of rotatable bonds is 28. The van der Waals surface area contributed by atoms with Crippen molar-refractivity contribution in [1.29, 1.82) is 0 Å². The van der Waals surface area contributed by atoms with Gasteiger partial charge in [-0.3, -0.25) is 4.79 Å². The minimum absolute atomic E-state index is 0.100. The molecule has 12 heteroatoms. The predicted molar refractivity (Wildman–Crippen MR) is 265 cm³/mol. The maximum atomic E-state index is 14.0. The topological polar surface area (TPSA) is 105 Å². The smallest absolute Gasteiger partial charge is 0.308 e. The van der Waals surface area contributed by atoms with Crippen molar-refractivity contribution in [2.24, 2.45) is 11.8 Å². The van der Waals surface area contributed by atoms with E-state index in [-0.39, 0.29) is 42.7 Å². The van der Waals surface area contributed by atoms with Crippen LogP contribution < -0.4 is 0 Å². The van der Waals surface area contributed by atoms with E-state index >= 15 is 0 Å². The summed E-state index contributed by atoms with van der Waals surface area (Å²) in [6, 6.07) is 9.55. The van der Waals surface area contributed by atoms with Crippen molar-refractivity contribution in [3.05, 3.63) is 36.0 Å². The van der Waals surface area contributed by atoms with Gasteiger partial charge >= 0.3 is 5.97 Å². The molecule has 1 N–H and O–H groups in total. The number of ether oxygens (including phenoxy) is 4. The zero-order valence-electron chi connectivity index (χ0n) is 42.7. The highest BCUT2D eigenvalue weighted by Gasteiger charge is 2.51. The molecule has 0 spiro atoms. The number of aliphatic hydroxyl groups excluding tert-OH is 1. The van der Waals surface area contributed by atoms with Gasteiger partial charge in [0.05, 0.1) is 49.1 Å². The molecule has 0 radical (unpaired) electrons. The summed E-state index contributed by atoms with van der Waals surface area (Å²) in [6.07, 6.45) is 11.9. The van der Waals surface area contributed by atoms with Crippen LogP contribution in [0.2, 0.25) is 54.4 Å². The Morgan fingerprint density at radius 2 is 1.48 bits per heavy atom. The summed E-state index contributed by atoms with van der Waals surface area (Å²) in [4.78, 5) is 14.0. The van der Waals surface area contributed by atoms with Gasteiger partial charge in [-0.1, -0.05) is 113 Å². The number of cyclic esters (lactones) is 1. The molecule has 9 nitrogen and oxygen atoms in total. The Balaban J connectivity index is 2.51. The van der Waals surface area contributed by atoms with Crippen molar-refractivity contribution < 1.29 is 42.1 Å². The molecule has 2 rings (SSSR count). The van der Waals surface area contributed by atoms with Crippen LogP contribution in [0.5, 0.6) is 0 Å². The van der Waals surface area contributed by atoms with E-state index in [9.17, 15) is 9.90 Å². The van der Waals surface area contributed by atoms with E-state index in [0.717, 1.165) is 72.8 Å². The lowest BCUT2D eigenvalue weighted by Crippen LogP contribution is -2.46. The third-order valence-electron chi connectivity index (χ3n) is 15.2. The Bertz CT molecular complexity index is 1350. The molecule has 1 saturated heterocycles. The fourth-order valence-corrected chi connectivity index (χ4v) is 18.7. The summed E-state index contributed by atoms with van der Waals surface area (Å²) in [5.74, 6) is -0.174. The lowest BCUT2D eigenvalue weighted by atomic mass is 9.88. The van der Waals surface area contributed by atoms with Gasteiger partial charge < -0.3 is 37.3 Å². The number of carbonyl (C=O) groups excluding carboxylic acids is 1. The summed E-state index contributed by atoms with van der Waals surface area (Å²) in [7, 11) is -5.84. The zero-order chi connectivity index (χ0) is 46.8. The van der Waals surface area contributed by atoms with Crippen LogP contribution in [-0.4, -0.2) is 104 Å². The van der Waals surface area contributed by atoms with E-state index < -0.39 is 48.4 Å². The number of hydrogen-bond acceptors (Lipinski definition) is 9. The lowest BCUT2D eigenvalue weighted by Gasteiger charge is -2.39. The van der Waals surface area contributed by atoms with Crippen molar-refractivity contribution >= 4 is 30.9 Å². The molecule has 10 unspecified atom stereocenters. The van der Waals surface area contributed by atoms with Gasteiger partial charge in [0.15, 0.2) is 25.0 Å². The zero-order valence-corrected chi connectivity index (χ0v) is 45.7. The predicted octanol–water partition coefficient (Wildman–Crippen LogP) is 12.7. The van der Waals surface area contributed by atoms with Crippen LogP contribution in [0, 0.1) is 11.8 Å². The van der Waals surface area contributed by atoms with Gasteiger partial charge in [0.25, 0.3) is 0 Å². The highest BCUT2D eigenvalue weighted by molar-refractivity contribution is 6.74. The number of hydrogen-bond donors (Lipinski definition) is 1. The van der Waals surface area contributed by atoms with Gasteiger partial charge in [-0.2, -0.15) is 0 Å². The van der Waals surface area contributed by atoms with E-state index in [2.05, 4.69) is 101 Å². The fraction of sp³-hybridized carbons (Fsp3) is 0.860. The SMILES string of the molecule is CCOCCOC1(C)CCC(O[Si](CC)(CC)CC)CC(=O)OC(/C(C)=C/C=C/C(C)(CC2OC2C(C)C(CC)O[Si](CC)(CC)CC)O[Si](CC)(CC)CC)C(C)/C=C/C1O. The van der Waals surface area contributed by atoms with Crippen LogP contribution >= 0.6 is 0 Å². The molecule has 0 saturated carbocycles. The van der Waals surface area contributed by atoms with Crippen LogP contribution in [0.1, 0.15) is 143 Å². The minimum Gasteiger partial charge on any atom is -0.457 e. The van der Waals surface area contributed by atoms with Gasteiger partial charge in [-0.05, 0) is 107 Å². The monoisotopic (exact) mass is 925 g/mol. The van der Waals surface area contributed by atoms with Crippen LogP contribution in [0.4, 0.5) is 0 Å². The van der Waals surface area contributed by atoms with E-state index in [0.29, 0.717) is 38.6 Å². The molecule has 10 atom stereocenters. The van der Waals surface area contributed by atoms with Crippen molar-refractivity contribution in [2.75, 3.05) is 19.8 Å². The van der Waals surface area contributed by atoms with E-state index in [4.69, 9.17) is 32.2 Å². The second-order valence-electron chi connectivity index (χ2n) is 19.1. The number of carbonyl (C=O) groups is 1. The third-order valence-corrected chi connectivity index (χ3v) is 29.4. The van der Waals surface area contributed by atoms with Gasteiger partial charge in [-0.25, -0.2) is 0 Å². The van der Waals surface area contributed by atoms with Crippen molar-refractivity contribution in [1.82, 2.24) is 0 Å². The molecule has 2 aliphatic rings. The summed E-state index contributed by atoms with van der Waals surface area (Å²) in [5, 5.41) is 11.7. The first-order valence-corrected chi connectivity index (χ1v) is 32.8. The van der Waals surface area contributed by atoms with Gasteiger partial charge in [0, 0.05) is 31.0 Å². The first-order chi connectivity index (χ1) is 29.3. The summed E-state index contributed by atoms with van der Waals surface area (Å²) >= 11 is 0. The largest absolute Gasteiger partial charge is 0.457 e. The van der Waals surface area contributed by atoms with Crippen molar-refractivity contribution in [3.63, 3.8) is 0 Å². The molecule has 2 heterocycles. The Morgan fingerprint density at radius 1 is 0.903 bits per heavy atom. The lowest BCUT2D eigenvalue weighted by molar-refractivity contribution is -0.151. The van der Waals surface area contributed by atoms with E-state index in [1.165, 1.54) is 0 Å². The van der Waals surface area contributed by atoms with Crippen LogP contribution in [-0.2, 0) is 37.0 Å². The standard InChI is InChI=1S/C50H96O9Si3/c1-17-43(58-61(22-6,23-7)24-8)41(14)48-44(55-48)38-49(15,59-62(25-9,26-10)27-11)33-28-29-39(12)47-40(13)30-31-45(51)50(16,54-36-35-53-18-2)34-32-42(37-46(52)56-47)57-60(19-3,20-4)21-5/h28-31,33,40-45,47-48,51H,17-27,32,34-38H2,1-16H3/b31-30+,33-28+,39-29+. The maximum absolute atomic E-state index is 14.0. The molecule has 62 heavy (non-hydrogen) atoms. The van der Waals surface area contributed by atoms with Gasteiger partial charge in [0.1, 0.15) is 12.2 Å². The van der Waals surface area contributed by atoms with Crippen LogP contribution in [0.15, 0.2) is 36.0 Å². The van der Waals surface area contributed by atoms with Gasteiger partial charge in [-0.15, -0.1) is 0 Å². The molecule has 362 valence electrons. The van der Waals surface area contributed by atoms with E-state index in [1.54, 1.807) is 0 Å². The highest BCUT2D eigenvalue weighted by atomic mass is 28.4. The fourth-order valence-electron chi connectivity index (χ4n) is 9.74. The quantitative estimate of drug-likeness (QED) is 0.0205. The Labute approximate surface area is 384 Å². The molecular formula is C50H96O9Si3. The minimum atomic E-state index is -2.07. The number of epoxide rings is 1. The Morgan fingerprint density at radius 3 is 2.02 bits per heavy atom. The summed E-state index contributed by atoms with van der Waals surface area (Å²) < 4.78 is 46.3. The molecule has 0 aromatic heterocycles. The Kier molecular flexibility index (Phi) is 24.9. The molecule has 1 fully saturated rings. The summed E-state index contributed by atoms with van der Waals surface area (Å²) in [6.45, 7) is 36.6. The van der Waals surface area contributed by atoms with Gasteiger partial charge in [0.2, 0.25) is 0 Å².